The zero-order valence-electron chi connectivity index (χ0n) is 10.6. The highest BCUT2D eigenvalue weighted by atomic mass is 79.9. The molecule has 96 valence electrons. The van der Waals surface area contributed by atoms with Crippen LogP contribution < -0.4 is 5.73 Å². The topological polar surface area (TPSA) is 26.0 Å². The summed E-state index contributed by atoms with van der Waals surface area (Å²) in [5.41, 5.74) is 7.73. The number of thiophene rings is 1. The lowest BCUT2D eigenvalue weighted by Gasteiger charge is -2.28. The van der Waals surface area contributed by atoms with Crippen molar-refractivity contribution in [2.24, 2.45) is 11.1 Å². The van der Waals surface area contributed by atoms with E-state index in [4.69, 9.17) is 5.73 Å². The molecule has 0 bridgehead atoms. The molecule has 0 aliphatic heterocycles. The molecule has 0 aromatic carbocycles. The first-order valence-electron chi connectivity index (χ1n) is 6.60. The molecule has 2 rings (SSSR count). The van der Waals surface area contributed by atoms with Gasteiger partial charge in [0.25, 0.3) is 0 Å². The Morgan fingerprint density at radius 2 is 2.06 bits per heavy atom. The van der Waals surface area contributed by atoms with Crippen LogP contribution in [0.3, 0.4) is 0 Å². The van der Waals surface area contributed by atoms with Crippen molar-refractivity contribution in [1.82, 2.24) is 0 Å². The number of aryl methyl sites for hydroxylation is 2. The zero-order chi connectivity index (χ0) is 12.3. The first-order chi connectivity index (χ1) is 8.15. The summed E-state index contributed by atoms with van der Waals surface area (Å²) >= 11 is 5.51. The summed E-state index contributed by atoms with van der Waals surface area (Å²) in [4.78, 5) is 1.53. The van der Waals surface area contributed by atoms with Gasteiger partial charge in [-0.25, -0.2) is 0 Å². The molecule has 0 saturated heterocycles. The molecule has 1 aliphatic carbocycles. The van der Waals surface area contributed by atoms with Gasteiger partial charge in [0.1, 0.15) is 0 Å². The Labute approximate surface area is 117 Å². The maximum atomic E-state index is 5.79. The van der Waals surface area contributed by atoms with Crippen LogP contribution in [0, 0.1) is 12.3 Å². The maximum Gasteiger partial charge on any atom is 0.0730 e. The Hall–Kier alpha value is 0.140. The average Bonchev–Trinajstić information content (AvgIpc) is 2.86. The molecule has 1 aromatic heterocycles. The van der Waals surface area contributed by atoms with Gasteiger partial charge in [0.15, 0.2) is 0 Å². The fraction of sp³-hybridized carbons (Fsp3) is 0.714. The Kier molecular flexibility index (Phi) is 4.67. The number of hydrogen-bond donors (Lipinski definition) is 1. The predicted octanol–water partition coefficient (Wildman–Crippen LogP) is 4.66. The minimum absolute atomic E-state index is 0.569. The Morgan fingerprint density at radius 3 is 2.59 bits per heavy atom. The minimum atomic E-state index is 0.569. The van der Waals surface area contributed by atoms with Gasteiger partial charge in [0, 0.05) is 4.88 Å². The highest BCUT2D eigenvalue weighted by molar-refractivity contribution is 9.11. The van der Waals surface area contributed by atoms with Crippen LogP contribution in [0.4, 0.5) is 0 Å². The van der Waals surface area contributed by atoms with Gasteiger partial charge >= 0.3 is 0 Å². The van der Waals surface area contributed by atoms with Crippen LogP contribution in [0.25, 0.3) is 0 Å². The van der Waals surface area contributed by atoms with E-state index >= 15 is 0 Å². The lowest BCUT2D eigenvalue weighted by molar-refractivity contribution is 0.254. The second-order valence-electron chi connectivity index (χ2n) is 5.42. The van der Waals surface area contributed by atoms with Gasteiger partial charge in [-0.05, 0) is 78.5 Å². The Morgan fingerprint density at radius 1 is 1.35 bits per heavy atom. The summed E-state index contributed by atoms with van der Waals surface area (Å²) in [6.07, 6.45) is 9.40. The largest absolute Gasteiger partial charge is 0.330 e. The highest BCUT2D eigenvalue weighted by Crippen LogP contribution is 2.45. The summed E-state index contributed by atoms with van der Waals surface area (Å²) < 4.78 is 1.30. The molecule has 0 spiro atoms. The van der Waals surface area contributed by atoms with Crippen LogP contribution in [0.2, 0.25) is 0 Å². The molecule has 1 aliphatic rings. The minimum Gasteiger partial charge on any atom is -0.330 e. The Balaban J connectivity index is 1.95. The van der Waals surface area contributed by atoms with Gasteiger partial charge in [-0.2, -0.15) is 0 Å². The van der Waals surface area contributed by atoms with E-state index in [1.54, 1.807) is 0 Å². The molecule has 0 atom stereocenters. The number of rotatable bonds is 5. The fourth-order valence-corrected chi connectivity index (χ4v) is 4.72. The maximum absolute atomic E-state index is 5.79. The van der Waals surface area contributed by atoms with Crippen LogP contribution in [0.1, 0.15) is 49.0 Å². The number of halogens is 1. The SMILES string of the molecule is Cc1cc(CCC2(CCN)CCCC2)sc1Br. The third-order valence-electron chi connectivity index (χ3n) is 4.15. The molecular weight excluding hydrogens is 294 g/mol. The monoisotopic (exact) mass is 315 g/mol. The lowest BCUT2D eigenvalue weighted by atomic mass is 9.78. The van der Waals surface area contributed by atoms with Crippen molar-refractivity contribution in [3.63, 3.8) is 0 Å². The van der Waals surface area contributed by atoms with Gasteiger partial charge in [0.05, 0.1) is 3.79 Å². The fourth-order valence-electron chi connectivity index (χ4n) is 3.09. The van der Waals surface area contributed by atoms with Crippen molar-refractivity contribution in [3.05, 3.63) is 20.3 Å². The standard InChI is InChI=1S/C14H22BrNS/c1-11-10-12(17-13(11)15)4-7-14(8-9-16)5-2-3-6-14/h10H,2-9,16H2,1H3. The molecule has 3 heteroatoms. The van der Waals surface area contributed by atoms with E-state index < -0.39 is 0 Å². The highest BCUT2D eigenvalue weighted by Gasteiger charge is 2.32. The van der Waals surface area contributed by atoms with Crippen LogP contribution >= 0.6 is 27.3 Å². The molecule has 0 radical (unpaired) electrons. The second kappa shape index (κ2) is 5.85. The van der Waals surface area contributed by atoms with Crippen molar-refractivity contribution in [3.8, 4) is 0 Å². The number of nitrogens with two attached hydrogens (primary N) is 1. The molecular formula is C14H22BrNS. The van der Waals surface area contributed by atoms with Gasteiger partial charge in [-0.15, -0.1) is 11.3 Å². The van der Waals surface area contributed by atoms with E-state index in [2.05, 4.69) is 28.9 Å². The first kappa shape index (κ1) is 13.6. The molecule has 2 N–H and O–H groups in total. The third-order valence-corrected chi connectivity index (χ3v) is 6.35. The average molecular weight is 316 g/mol. The number of hydrogen-bond acceptors (Lipinski definition) is 2. The van der Waals surface area contributed by atoms with Crippen molar-refractivity contribution in [1.29, 1.82) is 0 Å². The van der Waals surface area contributed by atoms with Gasteiger partial charge < -0.3 is 5.73 Å². The third kappa shape index (κ3) is 3.33. The smallest absolute Gasteiger partial charge is 0.0730 e. The summed E-state index contributed by atoms with van der Waals surface area (Å²) in [5.74, 6) is 0. The second-order valence-corrected chi connectivity index (χ2v) is 7.87. The van der Waals surface area contributed by atoms with Crippen molar-refractivity contribution >= 4 is 27.3 Å². The molecule has 0 amide bonds. The Bertz CT molecular complexity index is 347. The van der Waals surface area contributed by atoms with Crippen LogP contribution in [0.15, 0.2) is 9.85 Å². The normalized spacial score (nSPS) is 18.8. The van der Waals surface area contributed by atoms with E-state index in [0.717, 1.165) is 6.54 Å². The first-order valence-corrected chi connectivity index (χ1v) is 8.21. The van der Waals surface area contributed by atoms with E-state index in [0.29, 0.717) is 5.41 Å². The molecule has 0 unspecified atom stereocenters. The zero-order valence-corrected chi connectivity index (χ0v) is 13.0. The summed E-state index contributed by atoms with van der Waals surface area (Å²) in [5, 5.41) is 0. The van der Waals surface area contributed by atoms with Crippen LogP contribution in [-0.4, -0.2) is 6.54 Å². The van der Waals surface area contributed by atoms with Gasteiger partial charge in [-0.1, -0.05) is 12.8 Å². The molecule has 1 saturated carbocycles. The van der Waals surface area contributed by atoms with Gasteiger partial charge in [0.2, 0.25) is 0 Å². The van der Waals surface area contributed by atoms with E-state index in [9.17, 15) is 0 Å². The quantitative estimate of drug-likeness (QED) is 0.840. The van der Waals surface area contributed by atoms with Gasteiger partial charge in [-0.3, -0.25) is 0 Å². The molecule has 1 fully saturated rings. The van der Waals surface area contributed by atoms with Crippen LogP contribution in [0.5, 0.6) is 0 Å². The predicted molar refractivity (Wildman–Crippen MR) is 79.6 cm³/mol. The van der Waals surface area contributed by atoms with Crippen LogP contribution in [-0.2, 0) is 6.42 Å². The summed E-state index contributed by atoms with van der Waals surface area (Å²) in [6.45, 7) is 3.03. The van der Waals surface area contributed by atoms with Crippen molar-refractivity contribution in [2.75, 3.05) is 6.54 Å². The summed E-state index contributed by atoms with van der Waals surface area (Å²) in [7, 11) is 0. The summed E-state index contributed by atoms with van der Waals surface area (Å²) in [6, 6.07) is 2.33. The van der Waals surface area contributed by atoms with E-state index in [-0.39, 0.29) is 0 Å². The van der Waals surface area contributed by atoms with E-state index in [1.165, 1.54) is 59.2 Å². The molecule has 17 heavy (non-hydrogen) atoms. The van der Waals surface area contributed by atoms with E-state index in [1.807, 2.05) is 11.3 Å². The molecule has 1 aromatic rings. The molecule has 1 heterocycles. The lowest BCUT2D eigenvalue weighted by Crippen LogP contribution is -2.21. The molecule has 1 nitrogen and oxygen atoms in total. The van der Waals surface area contributed by atoms with Crippen molar-refractivity contribution in [2.45, 2.75) is 51.9 Å². The van der Waals surface area contributed by atoms with Crippen molar-refractivity contribution < 1.29 is 0 Å².